The minimum atomic E-state index is -5.84. The van der Waals surface area contributed by atoms with Gasteiger partial charge >= 0.3 is 34.2 Å². The zero-order chi connectivity index (χ0) is 25.5. The number of hydrogen-bond donors (Lipinski definition) is 2. The van der Waals surface area contributed by atoms with Crippen LogP contribution in [-0.4, -0.2) is 29.6 Å². The zero-order valence-corrected chi connectivity index (χ0v) is 23.6. The Balaban J connectivity index is -0.000000464. The number of carbonyl (C=O) groups excluding carboxylic acids is 1. The van der Waals surface area contributed by atoms with Crippen LogP contribution in [0.3, 0.4) is 0 Å². The Morgan fingerprint density at radius 2 is 0.973 bits per heavy atom. The molecule has 0 aliphatic heterocycles. The van der Waals surface area contributed by atoms with E-state index in [1.54, 1.807) is 48.5 Å². The van der Waals surface area contributed by atoms with Crippen LogP contribution in [0.1, 0.15) is 74.6 Å². The number of carbonyl (C=O) groups is 1. The molecule has 1 radical (unpaired) electrons. The van der Waals surface area contributed by atoms with Crippen LogP contribution in [0.25, 0.3) is 0 Å². The topological polar surface area (TPSA) is 94.9 Å². The largest absolute Gasteiger partial charge is 2.00 e. The van der Waals surface area contributed by atoms with Crippen molar-refractivity contribution in [3.8, 4) is 0 Å². The molecule has 0 bridgehead atoms. The van der Waals surface area contributed by atoms with Gasteiger partial charge in [-0.3, -0.25) is 14.6 Å². The number of amides is 1. The maximum absolute atomic E-state index is 11.8. The summed E-state index contributed by atoms with van der Waals surface area (Å²) in [5.74, 6) is -0.438. The van der Waals surface area contributed by atoms with Crippen molar-refractivity contribution in [3.63, 3.8) is 0 Å². The maximum atomic E-state index is 11.8. The first kappa shape index (κ1) is 39.7. The molecule has 0 aromatic heterocycles. The predicted octanol–water partition coefficient (Wildman–Crippen LogP) is 7.92. The van der Waals surface area contributed by atoms with Gasteiger partial charge in [-0.15, -0.1) is 0 Å². The van der Waals surface area contributed by atoms with E-state index >= 15 is 0 Å². The third-order valence-corrected chi connectivity index (χ3v) is 5.59. The predicted molar refractivity (Wildman–Crippen MR) is 138 cm³/mol. The van der Waals surface area contributed by atoms with Gasteiger partial charge in [-0.1, -0.05) is 101 Å². The van der Waals surface area contributed by atoms with Crippen molar-refractivity contribution < 1.29 is 54.7 Å². The minimum Gasteiger partial charge on any atom is -0.358 e. The first-order valence-electron chi connectivity index (χ1n) is 11.2. The average Bonchev–Trinajstić information content (AvgIpc) is 3.58. The maximum Gasteiger partial charge on any atom is 2.00 e. The molecule has 4 rings (SSSR count). The first-order valence-corrected chi connectivity index (χ1v) is 12.6. The number of hydrogen-bond acceptors (Lipinski definition) is 4. The summed E-state index contributed by atoms with van der Waals surface area (Å²) in [6, 6.07) is 17.3. The fraction of sp³-hybridized carbons (Fsp3) is 0.423. The number of nitrogens with zero attached hydrogens (tertiary/aromatic N) is 1. The van der Waals surface area contributed by atoms with E-state index in [0.29, 0.717) is 16.3 Å². The molecule has 2 aliphatic carbocycles. The summed E-state index contributed by atoms with van der Waals surface area (Å²) in [5.41, 5.74) is -4.63. The van der Waals surface area contributed by atoms with Crippen LogP contribution >= 0.6 is 0 Å². The molecule has 2 fully saturated rings. The van der Waals surface area contributed by atoms with Crippen LogP contribution < -0.4 is 5.06 Å². The van der Waals surface area contributed by atoms with E-state index in [2.05, 4.69) is 0 Å². The number of rotatable bonds is 2. The van der Waals surface area contributed by atoms with Gasteiger partial charge in [-0.25, -0.2) is 0 Å². The number of halogens is 3. The fourth-order valence-electron chi connectivity index (χ4n) is 3.16. The van der Waals surface area contributed by atoms with E-state index in [0.717, 1.165) is 0 Å². The Morgan fingerprint density at radius 3 is 1.24 bits per heavy atom. The molecule has 2 N–H and O–H groups in total. The number of hydroxylamine groups is 1. The molecule has 0 spiro atoms. The Kier molecular flexibility index (Phi) is 22.6. The van der Waals surface area contributed by atoms with Gasteiger partial charge < -0.3 is 14.9 Å². The summed E-state index contributed by atoms with van der Waals surface area (Å²) in [4.78, 5) is 11.8. The monoisotopic (exact) mass is 584 g/mol. The van der Waals surface area contributed by atoms with E-state index in [-0.39, 0.29) is 33.4 Å². The quantitative estimate of drug-likeness (QED) is 0.123. The van der Waals surface area contributed by atoms with Crippen molar-refractivity contribution in [1.82, 2.24) is 0 Å². The van der Waals surface area contributed by atoms with Gasteiger partial charge in [0.2, 0.25) is 0 Å². The molecule has 11 heteroatoms. The normalized spacial score (nSPS) is 13.8. The molecule has 0 unspecified atom stereocenters. The summed E-state index contributed by atoms with van der Waals surface area (Å²) in [5, 5.41) is 10.4. The zero-order valence-electron chi connectivity index (χ0n) is 21.4. The van der Waals surface area contributed by atoms with Crippen molar-refractivity contribution >= 4 is 21.7 Å². The van der Waals surface area contributed by atoms with Crippen LogP contribution in [0.5, 0.6) is 0 Å². The molecular weight excluding hydrogens is 546 g/mol. The van der Waals surface area contributed by atoms with E-state index in [1.165, 1.54) is 64.2 Å². The van der Waals surface area contributed by atoms with E-state index in [1.807, 2.05) is 12.1 Å². The van der Waals surface area contributed by atoms with E-state index in [9.17, 15) is 23.2 Å². The van der Waals surface area contributed by atoms with Gasteiger partial charge in [-0.2, -0.15) is 26.7 Å². The van der Waals surface area contributed by atoms with Gasteiger partial charge in [0, 0.05) is 5.56 Å². The second-order valence-corrected chi connectivity index (χ2v) is 9.19. The van der Waals surface area contributed by atoms with Crippen LogP contribution in [0.4, 0.5) is 18.9 Å². The van der Waals surface area contributed by atoms with Crippen LogP contribution in [0, 0.1) is 14.9 Å². The van der Waals surface area contributed by atoms with Crippen molar-refractivity contribution in [1.29, 1.82) is 0 Å². The molecule has 0 heterocycles. The Morgan fingerprint density at radius 1 is 0.703 bits per heavy atom. The van der Waals surface area contributed by atoms with Crippen molar-refractivity contribution in [2.75, 3.05) is 5.06 Å². The summed E-state index contributed by atoms with van der Waals surface area (Å²) >= 11 is 0. The molecule has 2 saturated carbocycles. The Labute approximate surface area is 231 Å². The molecule has 0 atom stereocenters. The Bertz CT molecular complexity index is 897. The van der Waals surface area contributed by atoms with Crippen molar-refractivity contribution in [2.45, 2.75) is 69.7 Å². The van der Waals surface area contributed by atoms with Crippen molar-refractivity contribution in [3.05, 3.63) is 81.1 Å². The molecule has 209 valence electrons. The summed E-state index contributed by atoms with van der Waals surface area (Å²) in [6.45, 7) is 0. The first-order chi connectivity index (χ1) is 16.0. The molecule has 2 aromatic carbocycles. The summed E-state index contributed by atoms with van der Waals surface area (Å²) in [7, 11) is -5.84. The van der Waals surface area contributed by atoms with Gasteiger partial charge in [0.1, 0.15) is 0 Å². The summed E-state index contributed by atoms with van der Waals surface area (Å²) in [6.07, 6.45) is 15.0. The molecular formula is C26H38F3NO5SV. The SMILES string of the molecule is C1CCCC1.C1CCCC1.O=C(c1ccccc1)N(O)c1ccccc1.O=S(=O)(O)C(F)(F)F.[CH3-].[CH3-].[V+2]. The summed E-state index contributed by atoms with van der Waals surface area (Å²) < 4.78 is 57.5. The number of para-hydroxylation sites is 1. The van der Waals surface area contributed by atoms with Gasteiger partial charge in [0.15, 0.2) is 0 Å². The number of benzene rings is 2. The minimum absolute atomic E-state index is 0. The molecule has 2 aromatic rings. The van der Waals surface area contributed by atoms with Gasteiger partial charge in [0.05, 0.1) is 5.69 Å². The van der Waals surface area contributed by atoms with Crippen LogP contribution in [0.15, 0.2) is 60.7 Å². The molecule has 37 heavy (non-hydrogen) atoms. The second kappa shape index (κ2) is 21.1. The van der Waals surface area contributed by atoms with Crippen molar-refractivity contribution in [2.24, 2.45) is 0 Å². The smallest absolute Gasteiger partial charge is 0.358 e. The molecule has 0 saturated heterocycles. The fourth-order valence-corrected chi connectivity index (χ4v) is 3.16. The average molecular weight is 585 g/mol. The number of alkyl halides is 3. The standard InChI is InChI=1S/C13H11NO2.2C5H10.CHF3O3S.2CH3.V/c15-13(11-7-3-1-4-8-11)14(16)12-9-5-2-6-10-12;2*1-2-4-5-3-1;2-1(3,4)8(5,6)7;;;/h1-10,16H;2*1-5H2;(H,5,6,7);2*1H3;/q;;;;2*-1;+2. The molecule has 2 aliphatic rings. The molecule has 1 amide bonds. The van der Waals surface area contributed by atoms with E-state index < -0.39 is 21.5 Å². The van der Waals surface area contributed by atoms with Crippen LogP contribution in [-0.2, 0) is 28.7 Å². The third kappa shape index (κ3) is 17.3. The number of anilines is 1. The van der Waals surface area contributed by atoms with Gasteiger partial charge in [-0.05, 0) is 24.3 Å². The van der Waals surface area contributed by atoms with Crippen LogP contribution in [0.2, 0.25) is 0 Å². The second-order valence-electron chi connectivity index (χ2n) is 7.77. The van der Waals surface area contributed by atoms with E-state index in [4.69, 9.17) is 13.0 Å². The molecule has 6 nitrogen and oxygen atoms in total. The van der Waals surface area contributed by atoms with Gasteiger partial charge in [0.25, 0.3) is 5.91 Å². The Hall–Kier alpha value is -1.85. The third-order valence-electron chi connectivity index (χ3n) is 5.01.